The molecule has 0 bridgehead atoms. The van der Waals surface area contributed by atoms with E-state index in [9.17, 15) is 9.59 Å². The number of carbonyl (C=O) groups is 2. The Balaban J connectivity index is 2.02. The number of amides is 3. The molecule has 2 saturated heterocycles. The molecular weight excluding hydrogens is 232 g/mol. The largest absolute Gasteiger partial charge is 0.353 e. The van der Waals surface area contributed by atoms with Crippen LogP contribution in [0, 0.1) is 0 Å². The molecule has 102 valence electrons. The van der Waals surface area contributed by atoms with Crippen molar-refractivity contribution in [2.24, 2.45) is 0 Å². The van der Waals surface area contributed by atoms with Crippen molar-refractivity contribution in [1.82, 2.24) is 20.4 Å². The molecule has 1 atom stereocenters. The van der Waals surface area contributed by atoms with Gasteiger partial charge in [-0.3, -0.25) is 9.69 Å². The summed E-state index contributed by atoms with van der Waals surface area (Å²) < 4.78 is 0. The van der Waals surface area contributed by atoms with Gasteiger partial charge in [0.2, 0.25) is 5.91 Å². The van der Waals surface area contributed by atoms with E-state index in [2.05, 4.69) is 15.5 Å². The fraction of sp³-hybridized carbons (Fsp3) is 0.833. The first-order valence-corrected chi connectivity index (χ1v) is 6.65. The molecule has 6 heteroatoms. The predicted molar refractivity (Wildman–Crippen MR) is 68.2 cm³/mol. The van der Waals surface area contributed by atoms with Gasteiger partial charge in [0, 0.05) is 38.8 Å². The summed E-state index contributed by atoms with van der Waals surface area (Å²) >= 11 is 0. The lowest BCUT2D eigenvalue weighted by Gasteiger charge is -2.34. The molecule has 0 saturated carbocycles. The molecule has 0 aliphatic carbocycles. The number of hydrogen-bond acceptors (Lipinski definition) is 3. The molecule has 0 spiro atoms. The second kappa shape index (κ2) is 5.56. The van der Waals surface area contributed by atoms with Gasteiger partial charge in [-0.1, -0.05) is 0 Å². The number of hydrogen-bond donors (Lipinski definition) is 2. The minimum absolute atomic E-state index is 0.0468. The van der Waals surface area contributed by atoms with Crippen LogP contribution in [-0.2, 0) is 4.79 Å². The van der Waals surface area contributed by atoms with E-state index in [1.165, 1.54) is 0 Å². The number of nitrogens with one attached hydrogen (secondary N) is 2. The molecule has 18 heavy (non-hydrogen) atoms. The number of piperazine rings is 1. The van der Waals surface area contributed by atoms with Gasteiger partial charge < -0.3 is 15.5 Å². The summed E-state index contributed by atoms with van der Waals surface area (Å²) in [5.41, 5.74) is 0. The fourth-order valence-corrected chi connectivity index (χ4v) is 2.52. The average molecular weight is 254 g/mol. The Morgan fingerprint density at radius 1 is 1.39 bits per heavy atom. The van der Waals surface area contributed by atoms with Gasteiger partial charge in [-0.15, -0.1) is 0 Å². The summed E-state index contributed by atoms with van der Waals surface area (Å²) in [7, 11) is 0. The summed E-state index contributed by atoms with van der Waals surface area (Å²) in [4.78, 5) is 27.8. The molecule has 0 aromatic rings. The molecular formula is C12H22N4O2. The van der Waals surface area contributed by atoms with E-state index in [-0.39, 0.29) is 24.0 Å². The first-order valence-electron chi connectivity index (χ1n) is 6.65. The molecule has 2 fully saturated rings. The Morgan fingerprint density at radius 3 is 2.89 bits per heavy atom. The average Bonchev–Trinajstić information content (AvgIpc) is 2.51. The van der Waals surface area contributed by atoms with E-state index in [1.54, 1.807) is 4.90 Å². The summed E-state index contributed by atoms with van der Waals surface area (Å²) in [6.45, 7) is 7.58. The minimum atomic E-state index is -0.181. The zero-order chi connectivity index (χ0) is 13.1. The summed E-state index contributed by atoms with van der Waals surface area (Å²) in [6.07, 6.45) is 0.926. The molecule has 6 nitrogen and oxygen atoms in total. The number of urea groups is 1. The highest BCUT2D eigenvalue weighted by atomic mass is 16.2. The Hall–Kier alpha value is -1.30. The van der Waals surface area contributed by atoms with Gasteiger partial charge in [0.25, 0.3) is 0 Å². The topological polar surface area (TPSA) is 64.7 Å². The van der Waals surface area contributed by atoms with Crippen molar-refractivity contribution in [2.75, 3.05) is 32.7 Å². The van der Waals surface area contributed by atoms with Gasteiger partial charge in [-0.25, -0.2) is 4.79 Å². The van der Waals surface area contributed by atoms with E-state index in [0.29, 0.717) is 13.1 Å². The van der Waals surface area contributed by atoms with Crippen LogP contribution in [-0.4, -0.2) is 66.5 Å². The van der Waals surface area contributed by atoms with E-state index in [1.807, 2.05) is 13.8 Å². The van der Waals surface area contributed by atoms with Crippen molar-refractivity contribution >= 4 is 11.9 Å². The summed E-state index contributed by atoms with van der Waals surface area (Å²) in [5, 5.41) is 5.76. The van der Waals surface area contributed by atoms with Crippen LogP contribution in [0.5, 0.6) is 0 Å². The van der Waals surface area contributed by atoms with Crippen molar-refractivity contribution in [3.63, 3.8) is 0 Å². The van der Waals surface area contributed by atoms with Crippen LogP contribution in [0.4, 0.5) is 4.79 Å². The second-order valence-electron chi connectivity index (χ2n) is 5.25. The maximum atomic E-state index is 12.0. The SMILES string of the molecule is CC(C)NC(=O)N1CCCN2CCNC(=O)C2C1. The first-order chi connectivity index (χ1) is 8.58. The van der Waals surface area contributed by atoms with Crippen molar-refractivity contribution in [3.8, 4) is 0 Å². The van der Waals surface area contributed by atoms with Crippen molar-refractivity contribution < 1.29 is 9.59 Å². The van der Waals surface area contributed by atoms with E-state index >= 15 is 0 Å². The van der Waals surface area contributed by atoms with Crippen molar-refractivity contribution in [3.05, 3.63) is 0 Å². The number of carbonyl (C=O) groups excluding carboxylic acids is 2. The van der Waals surface area contributed by atoms with E-state index in [0.717, 1.165) is 26.1 Å². The Kier molecular flexibility index (Phi) is 4.06. The minimum Gasteiger partial charge on any atom is -0.353 e. The van der Waals surface area contributed by atoms with Crippen LogP contribution in [0.2, 0.25) is 0 Å². The number of rotatable bonds is 1. The normalized spacial score (nSPS) is 25.4. The van der Waals surface area contributed by atoms with Crippen LogP contribution in [0.3, 0.4) is 0 Å². The highest BCUT2D eigenvalue weighted by molar-refractivity contribution is 5.84. The zero-order valence-corrected chi connectivity index (χ0v) is 11.1. The van der Waals surface area contributed by atoms with Crippen molar-refractivity contribution in [2.45, 2.75) is 32.4 Å². The van der Waals surface area contributed by atoms with Crippen LogP contribution in [0.15, 0.2) is 0 Å². The molecule has 2 aliphatic heterocycles. The van der Waals surface area contributed by atoms with Gasteiger partial charge in [-0.2, -0.15) is 0 Å². The number of fused-ring (bicyclic) bond motifs is 1. The van der Waals surface area contributed by atoms with E-state index < -0.39 is 0 Å². The van der Waals surface area contributed by atoms with Gasteiger partial charge in [0.15, 0.2) is 0 Å². The lowest BCUT2D eigenvalue weighted by atomic mass is 10.2. The number of nitrogens with zero attached hydrogens (tertiary/aromatic N) is 2. The van der Waals surface area contributed by atoms with Gasteiger partial charge in [-0.05, 0) is 20.3 Å². The Bertz CT molecular complexity index is 332. The molecule has 0 aromatic carbocycles. The molecule has 2 rings (SSSR count). The first kappa shape index (κ1) is 13.1. The highest BCUT2D eigenvalue weighted by Crippen LogP contribution is 2.12. The van der Waals surface area contributed by atoms with Crippen LogP contribution >= 0.6 is 0 Å². The lowest BCUT2D eigenvalue weighted by Crippen LogP contribution is -2.58. The van der Waals surface area contributed by atoms with Crippen LogP contribution < -0.4 is 10.6 Å². The highest BCUT2D eigenvalue weighted by Gasteiger charge is 2.34. The molecule has 2 N–H and O–H groups in total. The summed E-state index contributed by atoms with van der Waals surface area (Å²) in [5.74, 6) is 0.0468. The van der Waals surface area contributed by atoms with Crippen LogP contribution in [0.25, 0.3) is 0 Å². The zero-order valence-electron chi connectivity index (χ0n) is 11.1. The third-order valence-electron chi connectivity index (χ3n) is 3.41. The Morgan fingerprint density at radius 2 is 2.17 bits per heavy atom. The van der Waals surface area contributed by atoms with Gasteiger partial charge >= 0.3 is 6.03 Å². The second-order valence-corrected chi connectivity index (χ2v) is 5.25. The molecule has 2 aliphatic rings. The molecule has 0 aromatic heterocycles. The maximum absolute atomic E-state index is 12.0. The molecule has 1 unspecified atom stereocenters. The molecule has 0 radical (unpaired) electrons. The molecule has 2 heterocycles. The smallest absolute Gasteiger partial charge is 0.317 e. The fourth-order valence-electron chi connectivity index (χ4n) is 2.52. The van der Waals surface area contributed by atoms with Crippen LogP contribution in [0.1, 0.15) is 20.3 Å². The van der Waals surface area contributed by atoms with Gasteiger partial charge in [0.1, 0.15) is 6.04 Å². The van der Waals surface area contributed by atoms with Crippen molar-refractivity contribution in [1.29, 1.82) is 0 Å². The van der Waals surface area contributed by atoms with Gasteiger partial charge in [0.05, 0.1) is 0 Å². The predicted octanol–water partition coefficient (Wildman–Crippen LogP) is -0.389. The maximum Gasteiger partial charge on any atom is 0.317 e. The summed E-state index contributed by atoms with van der Waals surface area (Å²) in [6, 6.07) is -0.124. The standard InChI is InChI=1S/C12H22N4O2/c1-9(2)14-12(18)16-6-3-5-15-7-4-13-11(17)10(15)8-16/h9-10H,3-8H2,1-2H3,(H,13,17)(H,14,18). The van der Waals surface area contributed by atoms with E-state index in [4.69, 9.17) is 0 Å². The monoisotopic (exact) mass is 254 g/mol. The molecule has 3 amide bonds. The Labute approximate surface area is 108 Å². The third-order valence-corrected chi connectivity index (χ3v) is 3.41. The third kappa shape index (κ3) is 2.93. The lowest BCUT2D eigenvalue weighted by molar-refractivity contribution is -0.128. The quantitative estimate of drug-likeness (QED) is 0.670.